The number of hydrogen-bond acceptors (Lipinski definition) is 2. The Kier molecular flexibility index (Phi) is 2.90. The van der Waals surface area contributed by atoms with Crippen LogP contribution in [0.5, 0.6) is 0 Å². The highest BCUT2D eigenvalue weighted by Gasteiger charge is 2.12. The summed E-state index contributed by atoms with van der Waals surface area (Å²) in [7, 11) is 0. The summed E-state index contributed by atoms with van der Waals surface area (Å²) >= 11 is 0. The van der Waals surface area contributed by atoms with Crippen molar-refractivity contribution in [1.29, 1.82) is 0 Å². The van der Waals surface area contributed by atoms with Gasteiger partial charge >= 0.3 is 0 Å². The lowest BCUT2D eigenvalue weighted by Crippen LogP contribution is -2.30. The first-order valence-corrected chi connectivity index (χ1v) is 5.48. The Morgan fingerprint density at radius 1 is 1.38 bits per heavy atom. The Morgan fingerprint density at radius 3 is 2.81 bits per heavy atom. The van der Waals surface area contributed by atoms with Gasteiger partial charge in [0.15, 0.2) is 0 Å². The molecule has 0 bridgehead atoms. The number of rotatable bonds is 3. The standard InChI is InChI=1S/C12H15N3O/c1-3-14(4-2)12(16)10-5-7-15-8-6-13-11(15)9-10/h5-9H,3-4H2,1-2H3. The van der Waals surface area contributed by atoms with Crippen LogP contribution in [0.25, 0.3) is 5.65 Å². The van der Waals surface area contributed by atoms with Crippen molar-refractivity contribution in [3.8, 4) is 0 Å². The molecule has 0 saturated heterocycles. The van der Waals surface area contributed by atoms with Crippen molar-refractivity contribution in [2.24, 2.45) is 0 Å². The summed E-state index contributed by atoms with van der Waals surface area (Å²) in [5.41, 5.74) is 1.50. The van der Waals surface area contributed by atoms with E-state index >= 15 is 0 Å². The lowest BCUT2D eigenvalue weighted by atomic mass is 10.2. The first-order chi connectivity index (χ1) is 7.76. The molecule has 0 aromatic carbocycles. The molecule has 2 heterocycles. The maximum atomic E-state index is 12.1. The molecule has 0 unspecified atom stereocenters. The normalized spacial score (nSPS) is 10.6. The van der Waals surface area contributed by atoms with Gasteiger partial charge in [0.05, 0.1) is 0 Å². The SMILES string of the molecule is CCN(CC)C(=O)c1ccn2ccnc2c1. The van der Waals surface area contributed by atoms with E-state index in [1.165, 1.54) is 0 Å². The van der Waals surface area contributed by atoms with Crippen LogP contribution in [0.15, 0.2) is 30.7 Å². The molecule has 4 nitrogen and oxygen atoms in total. The van der Waals surface area contributed by atoms with Crippen molar-refractivity contribution in [2.75, 3.05) is 13.1 Å². The molecule has 2 rings (SSSR count). The van der Waals surface area contributed by atoms with Gasteiger partial charge < -0.3 is 9.30 Å². The molecule has 1 amide bonds. The summed E-state index contributed by atoms with van der Waals surface area (Å²) in [5.74, 6) is 0.0653. The molecule has 0 saturated carbocycles. The maximum absolute atomic E-state index is 12.1. The van der Waals surface area contributed by atoms with Crippen LogP contribution < -0.4 is 0 Å². The number of nitrogens with zero attached hydrogens (tertiary/aromatic N) is 3. The van der Waals surface area contributed by atoms with Crippen LogP contribution in [0.2, 0.25) is 0 Å². The second kappa shape index (κ2) is 4.35. The van der Waals surface area contributed by atoms with E-state index in [9.17, 15) is 4.79 Å². The summed E-state index contributed by atoms with van der Waals surface area (Å²) in [6.45, 7) is 5.43. The van der Waals surface area contributed by atoms with Crippen LogP contribution >= 0.6 is 0 Å². The van der Waals surface area contributed by atoms with Crippen molar-refractivity contribution in [2.45, 2.75) is 13.8 Å². The van der Waals surface area contributed by atoms with Gasteiger partial charge in [0.1, 0.15) is 5.65 Å². The maximum Gasteiger partial charge on any atom is 0.254 e. The van der Waals surface area contributed by atoms with Gasteiger partial charge in [-0.2, -0.15) is 0 Å². The van der Waals surface area contributed by atoms with Crippen molar-refractivity contribution < 1.29 is 4.79 Å². The van der Waals surface area contributed by atoms with Crippen molar-refractivity contribution in [3.05, 3.63) is 36.3 Å². The average molecular weight is 217 g/mol. The van der Waals surface area contributed by atoms with Gasteiger partial charge in [-0.05, 0) is 26.0 Å². The lowest BCUT2D eigenvalue weighted by molar-refractivity contribution is 0.0773. The second-order valence-electron chi connectivity index (χ2n) is 3.59. The lowest BCUT2D eigenvalue weighted by Gasteiger charge is -2.18. The van der Waals surface area contributed by atoms with Gasteiger partial charge in [-0.1, -0.05) is 0 Å². The van der Waals surface area contributed by atoms with Gasteiger partial charge in [-0.25, -0.2) is 4.98 Å². The molecule has 0 fully saturated rings. The number of imidazole rings is 1. The van der Waals surface area contributed by atoms with E-state index in [1.807, 2.05) is 42.8 Å². The monoisotopic (exact) mass is 217 g/mol. The number of aromatic nitrogens is 2. The van der Waals surface area contributed by atoms with E-state index in [4.69, 9.17) is 0 Å². The van der Waals surface area contributed by atoms with E-state index < -0.39 is 0 Å². The zero-order valence-corrected chi connectivity index (χ0v) is 9.55. The summed E-state index contributed by atoms with van der Waals surface area (Å²) in [6.07, 6.45) is 5.45. The van der Waals surface area contributed by atoms with Crippen LogP contribution in [0, 0.1) is 0 Å². The molecule has 0 radical (unpaired) electrons. The molecular weight excluding hydrogens is 202 g/mol. The van der Waals surface area contributed by atoms with Gasteiger partial charge in [0, 0.05) is 37.2 Å². The van der Waals surface area contributed by atoms with Crippen molar-refractivity contribution in [1.82, 2.24) is 14.3 Å². The Labute approximate surface area is 94.5 Å². The van der Waals surface area contributed by atoms with E-state index in [0.717, 1.165) is 18.7 Å². The molecule has 0 aliphatic heterocycles. The summed E-state index contributed by atoms with van der Waals surface area (Å²) in [5, 5.41) is 0. The highest BCUT2D eigenvalue weighted by Crippen LogP contribution is 2.08. The Balaban J connectivity index is 2.35. The zero-order chi connectivity index (χ0) is 11.5. The number of hydrogen-bond donors (Lipinski definition) is 0. The summed E-state index contributed by atoms with van der Waals surface area (Å²) in [6, 6.07) is 3.65. The molecule has 84 valence electrons. The highest BCUT2D eigenvalue weighted by atomic mass is 16.2. The molecule has 2 aromatic heterocycles. The number of amides is 1. The third-order valence-electron chi connectivity index (χ3n) is 2.70. The molecule has 2 aromatic rings. The van der Waals surface area contributed by atoms with Gasteiger partial charge in [0.25, 0.3) is 5.91 Å². The molecular formula is C12H15N3O. The van der Waals surface area contributed by atoms with Crippen LogP contribution in [0.3, 0.4) is 0 Å². The molecule has 0 spiro atoms. The summed E-state index contributed by atoms with van der Waals surface area (Å²) < 4.78 is 1.89. The van der Waals surface area contributed by atoms with E-state index in [1.54, 1.807) is 11.1 Å². The van der Waals surface area contributed by atoms with Crippen molar-refractivity contribution >= 4 is 11.6 Å². The summed E-state index contributed by atoms with van der Waals surface area (Å²) in [4.78, 5) is 18.0. The van der Waals surface area contributed by atoms with E-state index in [-0.39, 0.29) is 5.91 Å². The molecule has 0 aliphatic rings. The van der Waals surface area contributed by atoms with Crippen LogP contribution in [0.4, 0.5) is 0 Å². The third-order valence-corrected chi connectivity index (χ3v) is 2.70. The Morgan fingerprint density at radius 2 is 2.12 bits per heavy atom. The number of fused-ring (bicyclic) bond motifs is 1. The van der Waals surface area contributed by atoms with E-state index in [2.05, 4.69) is 4.98 Å². The fourth-order valence-electron chi connectivity index (χ4n) is 1.74. The first kappa shape index (κ1) is 10.7. The highest BCUT2D eigenvalue weighted by molar-refractivity contribution is 5.95. The third kappa shape index (κ3) is 1.78. The largest absolute Gasteiger partial charge is 0.339 e. The Hall–Kier alpha value is -1.84. The van der Waals surface area contributed by atoms with Gasteiger partial charge in [-0.3, -0.25) is 4.79 Å². The molecule has 0 atom stereocenters. The fourth-order valence-corrected chi connectivity index (χ4v) is 1.74. The molecule has 16 heavy (non-hydrogen) atoms. The van der Waals surface area contributed by atoms with Crippen LogP contribution in [0.1, 0.15) is 24.2 Å². The fraction of sp³-hybridized carbons (Fsp3) is 0.333. The number of pyridine rings is 1. The second-order valence-corrected chi connectivity index (χ2v) is 3.59. The quantitative estimate of drug-likeness (QED) is 0.786. The topological polar surface area (TPSA) is 37.6 Å². The molecule has 0 N–H and O–H groups in total. The van der Waals surface area contributed by atoms with Gasteiger partial charge in [0.2, 0.25) is 0 Å². The smallest absolute Gasteiger partial charge is 0.254 e. The van der Waals surface area contributed by atoms with E-state index in [0.29, 0.717) is 5.56 Å². The minimum Gasteiger partial charge on any atom is -0.339 e. The van der Waals surface area contributed by atoms with Crippen LogP contribution in [-0.2, 0) is 0 Å². The predicted molar refractivity (Wildman–Crippen MR) is 62.4 cm³/mol. The minimum absolute atomic E-state index is 0.0653. The zero-order valence-electron chi connectivity index (χ0n) is 9.55. The molecule has 0 aliphatic carbocycles. The molecule has 4 heteroatoms. The number of carbonyl (C=O) groups excluding carboxylic acids is 1. The van der Waals surface area contributed by atoms with Crippen molar-refractivity contribution in [3.63, 3.8) is 0 Å². The van der Waals surface area contributed by atoms with Gasteiger partial charge in [-0.15, -0.1) is 0 Å². The van der Waals surface area contributed by atoms with Crippen LogP contribution in [-0.4, -0.2) is 33.3 Å². The predicted octanol–water partition coefficient (Wildman–Crippen LogP) is 1.82. The minimum atomic E-state index is 0.0653. The first-order valence-electron chi connectivity index (χ1n) is 5.48. The average Bonchev–Trinajstić information content (AvgIpc) is 2.77. The Bertz CT molecular complexity index is 500. The number of carbonyl (C=O) groups is 1.